The highest BCUT2D eigenvalue weighted by Gasteiger charge is 1.92. The predicted octanol–water partition coefficient (Wildman–Crippen LogP) is 1.40. The van der Waals surface area contributed by atoms with Crippen LogP contribution < -0.4 is 5.32 Å². The molecule has 0 aromatic heterocycles. The zero-order chi connectivity index (χ0) is 5.70. The van der Waals surface area contributed by atoms with E-state index in [1.54, 1.807) is 0 Å². The van der Waals surface area contributed by atoms with Gasteiger partial charge in [0.15, 0.2) is 0 Å². The van der Waals surface area contributed by atoms with Gasteiger partial charge >= 0.3 is 0 Å². The molecule has 0 aliphatic rings. The van der Waals surface area contributed by atoms with E-state index in [1.165, 1.54) is 0 Å². The van der Waals surface area contributed by atoms with Crippen molar-refractivity contribution in [2.24, 2.45) is 0 Å². The zero-order valence-corrected chi connectivity index (χ0v) is 5.76. The first-order valence-electron chi connectivity index (χ1n) is 2.26. The number of hydrogen-bond donors (Lipinski definition) is 1. The Kier molecular flexibility index (Phi) is 5.05. The molecule has 0 aliphatic carbocycles. The highest BCUT2D eigenvalue weighted by atomic mass is 35.5. The van der Waals surface area contributed by atoms with E-state index in [1.807, 2.05) is 6.92 Å². The molecule has 0 saturated heterocycles. The molecule has 0 radical (unpaired) electrons. The molecule has 0 aliphatic heterocycles. The van der Waals surface area contributed by atoms with Crippen LogP contribution in [0.1, 0.15) is 6.92 Å². The summed E-state index contributed by atoms with van der Waals surface area (Å²) in [5.41, 5.74) is 0. The normalized spacial score (nSPS) is 10.3. The number of halogens is 2. The van der Waals surface area contributed by atoms with Crippen LogP contribution in [0, 0.1) is 0 Å². The van der Waals surface area contributed by atoms with Gasteiger partial charge in [-0.05, 0) is 6.54 Å². The molecule has 0 spiro atoms. The summed E-state index contributed by atoms with van der Waals surface area (Å²) >= 11 is 10.7. The smallest absolute Gasteiger partial charge is 0.120 e. The van der Waals surface area contributed by atoms with Crippen LogP contribution in [-0.4, -0.2) is 17.9 Å². The fraction of sp³-hybridized carbons (Fsp3) is 1.00. The van der Waals surface area contributed by atoms with Gasteiger partial charge in [0.2, 0.25) is 0 Å². The van der Waals surface area contributed by atoms with Gasteiger partial charge in [-0.1, -0.05) is 6.92 Å². The molecule has 0 unspecified atom stereocenters. The molecule has 1 nitrogen and oxygen atoms in total. The van der Waals surface area contributed by atoms with Crippen LogP contribution in [0.25, 0.3) is 0 Å². The molecule has 0 fully saturated rings. The van der Waals surface area contributed by atoms with E-state index >= 15 is 0 Å². The average Bonchev–Trinajstić information content (AvgIpc) is 1.61. The maximum atomic E-state index is 5.36. The Labute approximate surface area is 54.0 Å². The molecule has 0 saturated carbocycles. The van der Waals surface area contributed by atoms with E-state index in [-0.39, 0.29) is 4.84 Å². The summed E-state index contributed by atoms with van der Waals surface area (Å²) in [5.74, 6) is 0. The molecular formula is C4H9Cl2N. The first-order chi connectivity index (χ1) is 3.27. The Hall–Kier alpha value is 0.540. The van der Waals surface area contributed by atoms with Crippen molar-refractivity contribution in [1.29, 1.82) is 0 Å². The van der Waals surface area contributed by atoms with Crippen molar-refractivity contribution in [1.82, 2.24) is 5.32 Å². The van der Waals surface area contributed by atoms with Crippen molar-refractivity contribution < 1.29 is 0 Å². The second kappa shape index (κ2) is 4.69. The van der Waals surface area contributed by atoms with Gasteiger partial charge in [-0.2, -0.15) is 0 Å². The largest absolute Gasteiger partial charge is 0.314 e. The molecule has 0 heterocycles. The van der Waals surface area contributed by atoms with Gasteiger partial charge in [0.25, 0.3) is 0 Å². The summed E-state index contributed by atoms with van der Waals surface area (Å²) in [6.45, 7) is 3.62. The van der Waals surface area contributed by atoms with Gasteiger partial charge in [0.1, 0.15) is 4.84 Å². The summed E-state index contributed by atoms with van der Waals surface area (Å²) in [6.07, 6.45) is 0. The van der Waals surface area contributed by atoms with E-state index in [2.05, 4.69) is 5.32 Å². The molecule has 44 valence electrons. The average molecular weight is 142 g/mol. The van der Waals surface area contributed by atoms with Crippen molar-refractivity contribution in [2.75, 3.05) is 13.1 Å². The summed E-state index contributed by atoms with van der Waals surface area (Å²) in [4.78, 5) is -0.264. The Morgan fingerprint density at radius 2 is 2.14 bits per heavy atom. The molecule has 1 N–H and O–H groups in total. The summed E-state index contributed by atoms with van der Waals surface area (Å²) in [5, 5.41) is 2.98. The van der Waals surface area contributed by atoms with Gasteiger partial charge in [-0.15, -0.1) is 23.2 Å². The van der Waals surface area contributed by atoms with E-state index < -0.39 is 0 Å². The molecule has 0 atom stereocenters. The summed E-state index contributed by atoms with van der Waals surface area (Å²) < 4.78 is 0. The van der Waals surface area contributed by atoms with Crippen LogP contribution in [0.4, 0.5) is 0 Å². The highest BCUT2D eigenvalue weighted by Crippen LogP contribution is 1.96. The van der Waals surface area contributed by atoms with E-state index in [0.717, 1.165) is 6.54 Å². The quantitative estimate of drug-likeness (QED) is 0.587. The van der Waals surface area contributed by atoms with Gasteiger partial charge in [-0.25, -0.2) is 0 Å². The second-order valence-corrected chi connectivity index (χ2v) is 2.48. The first-order valence-corrected chi connectivity index (χ1v) is 3.13. The standard InChI is InChI=1S/C4H9Cl2N/c1-2-7-3-4(5)6/h4,7H,2-3H2,1H3. The van der Waals surface area contributed by atoms with Crippen molar-refractivity contribution >= 4 is 23.2 Å². The fourth-order valence-electron chi connectivity index (χ4n) is 0.253. The highest BCUT2D eigenvalue weighted by molar-refractivity contribution is 6.44. The monoisotopic (exact) mass is 141 g/mol. The number of alkyl halides is 2. The Morgan fingerprint density at radius 1 is 1.57 bits per heavy atom. The number of rotatable bonds is 3. The molecular weight excluding hydrogens is 133 g/mol. The van der Waals surface area contributed by atoms with Crippen LogP contribution in [0.3, 0.4) is 0 Å². The third-order valence-corrected chi connectivity index (χ3v) is 0.857. The minimum atomic E-state index is -0.264. The van der Waals surface area contributed by atoms with E-state index in [9.17, 15) is 0 Å². The molecule has 3 heteroatoms. The summed E-state index contributed by atoms with van der Waals surface area (Å²) in [6, 6.07) is 0. The molecule has 0 aromatic rings. The van der Waals surface area contributed by atoms with Crippen LogP contribution in [-0.2, 0) is 0 Å². The zero-order valence-electron chi connectivity index (χ0n) is 4.25. The predicted molar refractivity (Wildman–Crippen MR) is 34.0 cm³/mol. The number of hydrogen-bond acceptors (Lipinski definition) is 1. The maximum absolute atomic E-state index is 5.36. The lowest BCUT2D eigenvalue weighted by Gasteiger charge is -1.98. The molecule has 7 heavy (non-hydrogen) atoms. The van der Waals surface area contributed by atoms with E-state index in [0.29, 0.717) is 6.54 Å². The lowest BCUT2D eigenvalue weighted by atomic mass is 10.7. The topological polar surface area (TPSA) is 12.0 Å². The van der Waals surface area contributed by atoms with Crippen LogP contribution in [0.2, 0.25) is 0 Å². The van der Waals surface area contributed by atoms with Crippen molar-refractivity contribution in [3.05, 3.63) is 0 Å². The number of nitrogens with one attached hydrogen (secondary N) is 1. The fourth-order valence-corrected chi connectivity index (χ4v) is 0.472. The van der Waals surface area contributed by atoms with Crippen molar-refractivity contribution in [3.63, 3.8) is 0 Å². The second-order valence-electron chi connectivity index (χ2n) is 1.20. The van der Waals surface area contributed by atoms with Crippen LogP contribution in [0.15, 0.2) is 0 Å². The summed E-state index contributed by atoms with van der Waals surface area (Å²) in [7, 11) is 0. The first kappa shape index (κ1) is 7.54. The van der Waals surface area contributed by atoms with Crippen molar-refractivity contribution in [2.45, 2.75) is 11.8 Å². The van der Waals surface area contributed by atoms with Gasteiger partial charge in [0, 0.05) is 6.54 Å². The lowest BCUT2D eigenvalue weighted by Crippen LogP contribution is -2.18. The minimum absolute atomic E-state index is 0.264. The van der Waals surface area contributed by atoms with Gasteiger partial charge < -0.3 is 5.32 Å². The SMILES string of the molecule is CCNCC(Cl)Cl. The Balaban J connectivity index is 2.68. The Morgan fingerprint density at radius 3 is 2.29 bits per heavy atom. The molecule has 0 rings (SSSR count). The lowest BCUT2D eigenvalue weighted by molar-refractivity contribution is 0.750. The van der Waals surface area contributed by atoms with Gasteiger partial charge in [0.05, 0.1) is 0 Å². The Bertz CT molecular complexity index is 38.7. The maximum Gasteiger partial charge on any atom is 0.120 e. The van der Waals surface area contributed by atoms with Crippen LogP contribution in [0.5, 0.6) is 0 Å². The van der Waals surface area contributed by atoms with Crippen LogP contribution >= 0.6 is 23.2 Å². The van der Waals surface area contributed by atoms with E-state index in [4.69, 9.17) is 23.2 Å². The molecule has 0 amide bonds. The van der Waals surface area contributed by atoms with Crippen molar-refractivity contribution in [3.8, 4) is 0 Å². The molecule has 0 bridgehead atoms. The third-order valence-electron chi connectivity index (χ3n) is 0.549. The minimum Gasteiger partial charge on any atom is -0.314 e. The molecule has 0 aromatic carbocycles. The van der Waals surface area contributed by atoms with Gasteiger partial charge in [-0.3, -0.25) is 0 Å². The third kappa shape index (κ3) is 6.54.